The Labute approximate surface area is 287 Å². The average Bonchev–Trinajstić information content (AvgIpc) is 3.77. The van der Waals surface area contributed by atoms with Crippen LogP contribution < -0.4 is 4.74 Å². The Morgan fingerprint density at radius 1 is 0.681 bits per heavy atom. The number of benzene rings is 5. The summed E-state index contributed by atoms with van der Waals surface area (Å²) in [6, 6.07) is 46.0. The van der Waals surface area contributed by atoms with Gasteiger partial charge in [0.25, 0.3) is 0 Å². The largest absolute Gasteiger partial charge is 0.507 e. The molecule has 47 heavy (non-hydrogen) atoms. The molecule has 2 aliphatic rings. The van der Waals surface area contributed by atoms with Crippen molar-refractivity contribution in [2.45, 2.75) is 25.7 Å². The molecule has 0 amide bonds. The second-order valence-electron chi connectivity index (χ2n) is 12.6. The molecule has 0 atom stereocenters. The number of hydrogen-bond acceptors (Lipinski definition) is 4. The van der Waals surface area contributed by atoms with Crippen molar-refractivity contribution in [2.75, 3.05) is 0 Å². The molecule has 0 bridgehead atoms. The van der Waals surface area contributed by atoms with Gasteiger partial charge in [0, 0.05) is 38.4 Å². The molecule has 9 rings (SSSR count). The molecule has 0 saturated heterocycles. The Bertz CT molecular complexity index is 2250. The third kappa shape index (κ3) is 5.16. The number of nitrogens with zero attached hydrogens (tertiary/aromatic N) is 3. The topological polar surface area (TPSA) is 60.2 Å². The molecular formula is C41H30N3O2Pt-. The fourth-order valence-corrected chi connectivity index (χ4v) is 7.54. The zero-order chi connectivity index (χ0) is 30.7. The number of hydrogen-bond donors (Lipinski definition) is 1. The predicted octanol–water partition coefficient (Wildman–Crippen LogP) is 8.93. The predicted molar refractivity (Wildman–Crippen MR) is 180 cm³/mol. The van der Waals surface area contributed by atoms with E-state index in [2.05, 4.69) is 59.2 Å². The van der Waals surface area contributed by atoms with Crippen molar-refractivity contribution in [3.63, 3.8) is 0 Å². The molecule has 2 heterocycles. The maximum atomic E-state index is 10.4. The number of ether oxygens (including phenoxy) is 1. The number of phenolic OH excluding ortho intramolecular Hbond substituents is 1. The average molecular weight is 792 g/mol. The first-order valence-corrected chi connectivity index (χ1v) is 15.7. The van der Waals surface area contributed by atoms with Crippen LogP contribution in [-0.2, 0) is 46.7 Å². The molecule has 0 saturated carbocycles. The van der Waals surface area contributed by atoms with E-state index >= 15 is 0 Å². The first-order chi connectivity index (χ1) is 22.6. The molecule has 6 heteroatoms. The van der Waals surface area contributed by atoms with Crippen LogP contribution in [0.1, 0.15) is 22.3 Å². The van der Waals surface area contributed by atoms with Gasteiger partial charge in [-0.15, -0.1) is 35.9 Å². The molecule has 0 fully saturated rings. The van der Waals surface area contributed by atoms with E-state index in [0.29, 0.717) is 22.9 Å². The maximum absolute atomic E-state index is 10.4. The third-order valence-corrected chi connectivity index (χ3v) is 9.54. The number of para-hydroxylation sites is 2. The minimum atomic E-state index is 0. The summed E-state index contributed by atoms with van der Waals surface area (Å²) in [6.45, 7) is 0. The number of fused-ring (bicyclic) bond motifs is 3. The van der Waals surface area contributed by atoms with Crippen molar-refractivity contribution in [3.05, 3.63) is 156 Å². The SMILES string of the molecule is Oc1ccccc1-c1cccc(Oc2cccc3c2nc(-c2[c-]cccc2)n3-c2ccc3c(c2)CC2(Cc4ccccc4C2)C3)n1.[Pt]. The summed E-state index contributed by atoms with van der Waals surface area (Å²) in [5.74, 6) is 2.02. The van der Waals surface area contributed by atoms with Gasteiger partial charge >= 0.3 is 0 Å². The molecule has 232 valence electrons. The van der Waals surface area contributed by atoms with Crippen molar-refractivity contribution >= 4 is 11.0 Å². The summed E-state index contributed by atoms with van der Waals surface area (Å²) in [4.78, 5) is 9.90. The Kier molecular flexibility index (Phi) is 7.30. The molecule has 1 N–H and O–H groups in total. The monoisotopic (exact) mass is 791 g/mol. The Balaban J connectivity index is 0.00000324. The van der Waals surface area contributed by atoms with Gasteiger partial charge in [0.1, 0.15) is 11.3 Å². The summed E-state index contributed by atoms with van der Waals surface area (Å²) >= 11 is 0. The second-order valence-corrected chi connectivity index (χ2v) is 12.6. The second kappa shape index (κ2) is 11.7. The van der Waals surface area contributed by atoms with Gasteiger partial charge in [-0.3, -0.25) is 4.98 Å². The van der Waals surface area contributed by atoms with Gasteiger partial charge in [0.2, 0.25) is 5.88 Å². The van der Waals surface area contributed by atoms with Crippen LogP contribution in [0.5, 0.6) is 17.4 Å². The number of imidazole rings is 1. The van der Waals surface area contributed by atoms with E-state index in [9.17, 15) is 5.11 Å². The Morgan fingerprint density at radius 2 is 1.40 bits per heavy atom. The van der Waals surface area contributed by atoms with E-state index < -0.39 is 0 Å². The van der Waals surface area contributed by atoms with E-state index in [1.807, 2.05) is 66.7 Å². The smallest absolute Gasteiger partial charge is 0.219 e. The number of pyridine rings is 1. The standard InChI is InChI=1S/C41H30N3O2.Pt/c45-36-17-7-6-14-33(36)34-15-8-19-38(42-34)46-37-18-9-16-35-39(37)43-40(27-10-2-1-3-11-27)44(35)32-21-20-30-25-41(26-31(30)22-32)23-28-12-4-5-13-29(28)24-41;/h1-10,12-22,45H,23-26H2;/q-1;. The van der Waals surface area contributed by atoms with Crippen molar-refractivity contribution in [3.8, 4) is 45.7 Å². The molecule has 0 aliphatic heterocycles. The summed E-state index contributed by atoms with van der Waals surface area (Å²) < 4.78 is 8.65. The van der Waals surface area contributed by atoms with Crippen molar-refractivity contribution < 1.29 is 30.9 Å². The van der Waals surface area contributed by atoms with Gasteiger partial charge in [-0.1, -0.05) is 54.6 Å². The van der Waals surface area contributed by atoms with Gasteiger partial charge in [-0.05, 0) is 95.8 Å². The number of phenols is 1. The van der Waals surface area contributed by atoms with Crippen molar-refractivity contribution in [1.29, 1.82) is 0 Å². The minimum Gasteiger partial charge on any atom is -0.507 e. The molecule has 2 aliphatic carbocycles. The van der Waals surface area contributed by atoms with Crippen LogP contribution >= 0.6 is 0 Å². The van der Waals surface area contributed by atoms with Crippen LogP contribution in [0.2, 0.25) is 0 Å². The Morgan fingerprint density at radius 3 is 2.19 bits per heavy atom. The Hall–Kier alpha value is -4.99. The van der Waals surface area contributed by atoms with Crippen LogP contribution in [0, 0.1) is 11.5 Å². The molecule has 0 unspecified atom stereocenters. The maximum Gasteiger partial charge on any atom is 0.219 e. The molecule has 5 aromatic carbocycles. The molecular weight excluding hydrogens is 762 g/mol. The van der Waals surface area contributed by atoms with E-state index in [1.54, 1.807) is 12.1 Å². The summed E-state index contributed by atoms with van der Waals surface area (Å²) in [5, 5.41) is 10.4. The molecule has 1 spiro atoms. The first kappa shape index (κ1) is 29.4. The summed E-state index contributed by atoms with van der Waals surface area (Å²) in [5.41, 5.74) is 11.1. The zero-order valence-corrected chi connectivity index (χ0v) is 27.7. The number of aromatic nitrogens is 3. The van der Waals surface area contributed by atoms with E-state index in [0.717, 1.165) is 53.8 Å². The van der Waals surface area contributed by atoms with Crippen LogP contribution in [0.25, 0.3) is 39.4 Å². The molecule has 5 nitrogen and oxygen atoms in total. The number of rotatable bonds is 5. The minimum absolute atomic E-state index is 0. The van der Waals surface area contributed by atoms with E-state index in [4.69, 9.17) is 14.7 Å². The van der Waals surface area contributed by atoms with Gasteiger partial charge in [-0.25, -0.2) is 4.98 Å². The first-order valence-electron chi connectivity index (χ1n) is 15.7. The third-order valence-electron chi connectivity index (χ3n) is 9.54. The molecule has 2 aromatic heterocycles. The van der Waals surface area contributed by atoms with E-state index in [1.165, 1.54) is 22.3 Å². The van der Waals surface area contributed by atoms with Crippen LogP contribution in [0.3, 0.4) is 0 Å². The van der Waals surface area contributed by atoms with Gasteiger partial charge in [-0.2, -0.15) is 0 Å². The zero-order valence-electron chi connectivity index (χ0n) is 25.5. The van der Waals surface area contributed by atoms with Crippen LogP contribution in [0.4, 0.5) is 0 Å². The van der Waals surface area contributed by atoms with E-state index in [-0.39, 0.29) is 32.2 Å². The van der Waals surface area contributed by atoms with Gasteiger partial charge in [0.05, 0.1) is 17.0 Å². The normalized spacial score (nSPS) is 14.1. The molecule has 7 aromatic rings. The van der Waals surface area contributed by atoms with Gasteiger partial charge < -0.3 is 14.4 Å². The van der Waals surface area contributed by atoms with Crippen LogP contribution in [-0.4, -0.2) is 19.6 Å². The van der Waals surface area contributed by atoms with Crippen molar-refractivity contribution in [2.24, 2.45) is 5.41 Å². The van der Waals surface area contributed by atoms with Crippen LogP contribution in [0.15, 0.2) is 127 Å². The van der Waals surface area contributed by atoms with Gasteiger partial charge in [0.15, 0.2) is 5.75 Å². The number of aromatic hydroxyl groups is 1. The molecule has 0 radical (unpaired) electrons. The quantitative estimate of drug-likeness (QED) is 0.177. The fraction of sp³-hybridized carbons (Fsp3) is 0.122. The fourth-order valence-electron chi connectivity index (χ4n) is 7.54. The van der Waals surface area contributed by atoms with Crippen molar-refractivity contribution in [1.82, 2.24) is 14.5 Å². The summed E-state index contributed by atoms with van der Waals surface area (Å²) in [7, 11) is 0. The summed E-state index contributed by atoms with van der Waals surface area (Å²) in [6.07, 6.45) is 4.49.